The van der Waals surface area contributed by atoms with E-state index in [9.17, 15) is 4.79 Å². The first-order valence-corrected chi connectivity index (χ1v) is 5.12. The van der Waals surface area contributed by atoms with Crippen LogP contribution in [0.1, 0.15) is 18.4 Å². The fraction of sp³-hybridized carbons (Fsp3) is 0.182. The lowest BCUT2D eigenvalue weighted by molar-refractivity contribution is -0.121. The van der Waals surface area contributed by atoms with E-state index in [1.807, 2.05) is 18.2 Å². The van der Waals surface area contributed by atoms with E-state index < -0.39 is 0 Å². The van der Waals surface area contributed by atoms with E-state index in [2.05, 4.69) is 20.5 Å². The second-order valence-electron chi connectivity index (χ2n) is 3.73. The van der Waals surface area contributed by atoms with Gasteiger partial charge in [0.15, 0.2) is 0 Å². The minimum absolute atomic E-state index is 0.0219. The maximum absolute atomic E-state index is 11.0. The highest BCUT2D eigenvalue weighted by molar-refractivity contribution is 6.05. The SMILES string of the molecule is O=C1CCC(c2ccc3nc[nH]c3c2)=NN1. The number of fused-ring (bicyclic) bond motifs is 1. The summed E-state index contributed by atoms with van der Waals surface area (Å²) in [6.07, 6.45) is 2.85. The first-order valence-electron chi connectivity index (χ1n) is 5.12. The molecule has 0 atom stereocenters. The van der Waals surface area contributed by atoms with Crippen molar-refractivity contribution in [2.24, 2.45) is 5.10 Å². The zero-order chi connectivity index (χ0) is 11.0. The Morgan fingerprint density at radius 1 is 1.25 bits per heavy atom. The van der Waals surface area contributed by atoms with Crippen molar-refractivity contribution in [1.29, 1.82) is 0 Å². The van der Waals surface area contributed by atoms with Gasteiger partial charge in [-0.2, -0.15) is 5.10 Å². The first-order chi connectivity index (χ1) is 7.83. The number of benzene rings is 1. The van der Waals surface area contributed by atoms with Crippen LogP contribution in [0.4, 0.5) is 0 Å². The fourth-order valence-electron chi connectivity index (χ4n) is 1.80. The van der Waals surface area contributed by atoms with Gasteiger partial charge in [0.25, 0.3) is 0 Å². The summed E-state index contributed by atoms with van der Waals surface area (Å²) >= 11 is 0. The molecule has 0 saturated heterocycles. The minimum atomic E-state index is -0.0219. The molecule has 0 aliphatic carbocycles. The van der Waals surface area contributed by atoms with Crippen LogP contribution in [0.3, 0.4) is 0 Å². The number of hydrogen-bond acceptors (Lipinski definition) is 3. The molecule has 1 aromatic heterocycles. The molecule has 2 heterocycles. The van der Waals surface area contributed by atoms with Crippen molar-refractivity contribution in [3.8, 4) is 0 Å². The maximum Gasteiger partial charge on any atom is 0.240 e. The molecule has 2 aromatic rings. The summed E-state index contributed by atoms with van der Waals surface area (Å²) in [5.74, 6) is -0.0219. The average molecular weight is 214 g/mol. The summed E-state index contributed by atoms with van der Waals surface area (Å²) in [6.45, 7) is 0. The normalized spacial score (nSPS) is 16.0. The molecule has 0 radical (unpaired) electrons. The van der Waals surface area contributed by atoms with Gasteiger partial charge in [0.05, 0.1) is 23.1 Å². The second kappa shape index (κ2) is 3.44. The van der Waals surface area contributed by atoms with Crippen LogP contribution in [0.5, 0.6) is 0 Å². The summed E-state index contributed by atoms with van der Waals surface area (Å²) in [5.41, 5.74) is 6.35. The third kappa shape index (κ3) is 1.46. The zero-order valence-electron chi connectivity index (χ0n) is 8.53. The van der Waals surface area contributed by atoms with Crippen LogP contribution in [0.25, 0.3) is 11.0 Å². The lowest BCUT2D eigenvalue weighted by atomic mass is 10.0. The summed E-state index contributed by atoms with van der Waals surface area (Å²) in [6, 6.07) is 5.91. The average Bonchev–Trinajstić information content (AvgIpc) is 2.77. The molecular weight excluding hydrogens is 204 g/mol. The maximum atomic E-state index is 11.0. The number of carbonyl (C=O) groups is 1. The molecule has 1 aliphatic rings. The standard InChI is InChI=1S/C11H10N4O/c16-11-4-3-8(14-15-11)7-1-2-9-10(5-7)13-6-12-9/h1-2,5-6H,3-4H2,(H,12,13)(H,15,16). The van der Waals surface area contributed by atoms with Gasteiger partial charge in [0, 0.05) is 12.8 Å². The van der Waals surface area contributed by atoms with E-state index in [1.165, 1.54) is 0 Å². The number of imidazole rings is 1. The Bertz CT molecular complexity index is 584. The van der Waals surface area contributed by atoms with Gasteiger partial charge in [-0.3, -0.25) is 4.79 Å². The summed E-state index contributed by atoms with van der Waals surface area (Å²) in [7, 11) is 0. The van der Waals surface area contributed by atoms with Crippen LogP contribution in [-0.4, -0.2) is 21.6 Å². The molecule has 1 amide bonds. The van der Waals surface area contributed by atoms with Crippen LogP contribution in [0.15, 0.2) is 29.6 Å². The number of nitrogens with zero attached hydrogens (tertiary/aromatic N) is 2. The number of aromatic nitrogens is 2. The molecule has 2 N–H and O–H groups in total. The quantitative estimate of drug-likeness (QED) is 0.748. The fourth-order valence-corrected chi connectivity index (χ4v) is 1.80. The predicted molar refractivity (Wildman–Crippen MR) is 60.0 cm³/mol. The van der Waals surface area contributed by atoms with E-state index in [4.69, 9.17) is 0 Å². The van der Waals surface area contributed by atoms with Crippen molar-refractivity contribution in [2.75, 3.05) is 0 Å². The van der Waals surface area contributed by atoms with Gasteiger partial charge in [-0.15, -0.1) is 0 Å². The minimum Gasteiger partial charge on any atom is -0.345 e. The highest BCUT2D eigenvalue weighted by Crippen LogP contribution is 2.15. The molecule has 5 heteroatoms. The molecule has 1 aromatic carbocycles. The number of H-pyrrole nitrogens is 1. The molecule has 80 valence electrons. The Balaban J connectivity index is 2.02. The van der Waals surface area contributed by atoms with Gasteiger partial charge in [-0.25, -0.2) is 10.4 Å². The van der Waals surface area contributed by atoms with Crippen molar-refractivity contribution in [2.45, 2.75) is 12.8 Å². The van der Waals surface area contributed by atoms with Crippen molar-refractivity contribution < 1.29 is 4.79 Å². The Hall–Kier alpha value is -2.17. The number of hydrazone groups is 1. The topological polar surface area (TPSA) is 70.1 Å². The summed E-state index contributed by atoms with van der Waals surface area (Å²) < 4.78 is 0. The van der Waals surface area contributed by atoms with Gasteiger partial charge >= 0.3 is 0 Å². The van der Waals surface area contributed by atoms with Gasteiger partial charge in [-0.05, 0) is 17.7 Å². The Morgan fingerprint density at radius 2 is 2.19 bits per heavy atom. The zero-order valence-corrected chi connectivity index (χ0v) is 8.53. The first kappa shape index (κ1) is 9.08. The number of rotatable bonds is 1. The number of nitrogens with one attached hydrogen (secondary N) is 2. The Morgan fingerprint density at radius 3 is 3.00 bits per heavy atom. The molecular formula is C11H10N4O. The predicted octanol–water partition coefficient (Wildman–Crippen LogP) is 1.18. The van der Waals surface area contributed by atoms with Crippen molar-refractivity contribution in [3.63, 3.8) is 0 Å². The monoisotopic (exact) mass is 214 g/mol. The summed E-state index contributed by atoms with van der Waals surface area (Å²) in [5, 5.41) is 4.05. The lowest BCUT2D eigenvalue weighted by Gasteiger charge is -2.11. The molecule has 1 aliphatic heterocycles. The van der Waals surface area contributed by atoms with E-state index in [0.717, 1.165) is 22.3 Å². The lowest BCUT2D eigenvalue weighted by Crippen LogP contribution is -2.25. The number of amides is 1. The van der Waals surface area contributed by atoms with Crippen molar-refractivity contribution >= 4 is 22.7 Å². The molecule has 0 fully saturated rings. The van der Waals surface area contributed by atoms with E-state index in [1.54, 1.807) is 6.33 Å². The third-order valence-electron chi connectivity index (χ3n) is 2.66. The molecule has 0 spiro atoms. The number of hydrogen-bond donors (Lipinski definition) is 2. The van der Waals surface area contributed by atoms with E-state index >= 15 is 0 Å². The van der Waals surface area contributed by atoms with E-state index in [0.29, 0.717) is 12.8 Å². The number of aromatic amines is 1. The van der Waals surface area contributed by atoms with Gasteiger partial charge in [0.1, 0.15) is 0 Å². The van der Waals surface area contributed by atoms with Crippen molar-refractivity contribution in [1.82, 2.24) is 15.4 Å². The van der Waals surface area contributed by atoms with Crippen LogP contribution in [0, 0.1) is 0 Å². The van der Waals surface area contributed by atoms with Gasteiger partial charge in [-0.1, -0.05) is 6.07 Å². The van der Waals surface area contributed by atoms with Gasteiger partial charge in [0.2, 0.25) is 5.91 Å². The van der Waals surface area contributed by atoms with Crippen molar-refractivity contribution in [3.05, 3.63) is 30.1 Å². The smallest absolute Gasteiger partial charge is 0.240 e. The van der Waals surface area contributed by atoms with Gasteiger partial charge < -0.3 is 4.98 Å². The number of carbonyl (C=O) groups excluding carboxylic acids is 1. The van der Waals surface area contributed by atoms with E-state index in [-0.39, 0.29) is 5.91 Å². The second-order valence-corrected chi connectivity index (χ2v) is 3.73. The molecule has 0 unspecified atom stereocenters. The molecule has 16 heavy (non-hydrogen) atoms. The van der Waals surface area contributed by atoms with Crippen LogP contribution >= 0.6 is 0 Å². The highest BCUT2D eigenvalue weighted by atomic mass is 16.2. The third-order valence-corrected chi connectivity index (χ3v) is 2.66. The highest BCUT2D eigenvalue weighted by Gasteiger charge is 2.13. The van der Waals surface area contributed by atoms with Crippen LogP contribution in [0.2, 0.25) is 0 Å². The van der Waals surface area contributed by atoms with Crippen LogP contribution < -0.4 is 5.43 Å². The molecule has 5 nitrogen and oxygen atoms in total. The molecule has 0 saturated carbocycles. The Labute approximate surface area is 91.6 Å². The largest absolute Gasteiger partial charge is 0.345 e. The Kier molecular flexibility index (Phi) is 1.96. The molecule has 3 rings (SSSR count). The molecule has 0 bridgehead atoms. The summed E-state index contributed by atoms with van der Waals surface area (Å²) in [4.78, 5) is 18.2. The van der Waals surface area contributed by atoms with Crippen LogP contribution in [-0.2, 0) is 4.79 Å².